The summed E-state index contributed by atoms with van der Waals surface area (Å²) in [5.74, 6) is 0.00426. The van der Waals surface area contributed by atoms with E-state index in [0.29, 0.717) is 15.7 Å². The normalized spacial score (nSPS) is 11.0. The maximum atomic E-state index is 14.0. The number of rotatable bonds is 1. The number of nitrogens with zero attached hydrogens (tertiary/aromatic N) is 2. The molecule has 0 atom stereocenters. The summed E-state index contributed by atoms with van der Waals surface area (Å²) in [6, 6.07) is 10.6. The van der Waals surface area contributed by atoms with Gasteiger partial charge in [-0.05, 0) is 41.1 Å². The van der Waals surface area contributed by atoms with Crippen molar-refractivity contribution in [1.82, 2.24) is 9.97 Å². The zero-order valence-corrected chi connectivity index (χ0v) is 12.8. The van der Waals surface area contributed by atoms with E-state index >= 15 is 0 Å². The van der Waals surface area contributed by atoms with Gasteiger partial charge in [0.1, 0.15) is 16.5 Å². The van der Waals surface area contributed by atoms with E-state index in [1.54, 1.807) is 6.07 Å². The second-order valence-corrected chi connectivity index (χ2v) is 5.67. The summed E-state index contributed by atoms with van der Waals surface area (Å²) in [6.45, 7) is 1.98. The van der Waals surface area contributed by atoms with Gasteiger partial charge in [-0.2, -0.15) is 0 Å². The number of fused-ring (bicyclic) bond motifs is 1. The molecular formula is C15H9BrClFN2. The van der Waals surface area contributed by atoms with E-state index in [-0.39, 0.29) is 10.7 Å². The van der Waals surface area contributed by atoms with Crippen LogP contribution in [0.2, 0.25) is 5.15 Å². The molecule has 0 aliphatic carbocycles. The lowest BCUT2D eigenvalue weighted by molar-refractivity contribution is 0.636. The highest BCUT2D eigenvalue weighted by atomic mass is 79.9. The topological polar surface area (TPSA) is 25.8 Å². The maximum Gasteiger partial charge on any atom is 0.161 e. The lowest BCUT2D eigenvalue weighted by Crippen LogP contribution is -1.95. The molecule has 0 aliphatic heterocycles. The first-order valence-electron chi connectivity index (χ1n) is 5.94. The fourth-order valence-electron chi connectivity index (χ4n) is 2.04. The minimum absolute atomic E-state index is 0.218. The first kappa shape index (κ1) is 13.5. The second kappa shape index (κ2) is 5.11. The van der Waals surface area contributed by atoms with Crippen LogP contribution in [0.15, 0.2) is 40.9 Å². The van der Waals surface area contributed by atoms with Crippen LogP contribution in [0.1, 0.15) is 5.56 Å². The highest BCUT2D eigenvalue weighted by Crippen LogP contribution is 2.32. The van der Waals surface area contributed by atoms with Crippen molar-refractivity contribution in [2.75, 3.05) is 0 Å². The number of hydrogen-bond acceptors (Lipinski definition) is 2. The second-order valence-electron chi connectivity index (χ2n) is 4.46. The van der Waals surface area contributed by atoms with E-state index in [9.17, 15) is 4.39 Å². The number of halogens is 3. The molecule has 0 saturated carbocycles. The van der Waals surface area contributed by atoms with Gasteiger partial charge in [0.2, 0.25) is 0 Å². The molecule has 20 heavy (non-hydrogen) atoms. The van der Waals surface area contributed by atoms with Crippen molar-refractivity contribution in [2.45, 2.75) is 6.92 Å². The summed E-state index contributed by atoms with van der Waals surface area (Å²) >= 11 is 9.52. The Balaban J connectivity index is 2.32. The Labute approximate surface area is 128 Å². The molecular weight excluding hydrogens is 343 g/mol. The first-order valence-corrected chi connectivity index (χ1v) is 7.11. The average Bonchev–Trinajstić information content (AvgIpc) is 2.42. The Morgan fingerprint density at radius 2 is 1.95 bits per heavy atom. The summed E-state index contributed by atoms with van der Waals surface area (Å²) in [4.78, 5) is 8.58. The molecule has 3 rings (SSSR count). The van der Waals surface area contributed by atoms with Crippen molar-refractivity contribution in [2.24, 2.45) is 0 Å². The van der Waals surface area contributed by atoms with Crippen LogP contribution < -0.4 is 0 Å². The monoisotopic (exact) mass is 350 g/mol. The quantitative estimate of drug-likeness (QED) is 0.566. The Morgan fingerprint density at radius 1 is 1.15 bits per heavy atom. The van der Waals surface area contributed by atoms with Gasteiger partial charge in [0.25, 0.3) is 0 Å². The van der Waals surface area contributed by atoms with E-state index in [1.165, 1.54) is 6.07 Å². The molecule has 100 valence electrons. The predicted molar refractivity (Wildman–Crippen MR) is 82.4 cm³/mol. The molecule has 0 aliphatic rings. The summed E-state index contributed by atoms with van der Waals surface area (Å²) in [5, 5.41) is 0.723. The van der Waals surface area contributed by atoms with Crippen LogP contribution in [0, 0.1) is 12.7 Å². The number of aryl methyl sites for hydroxylation is 1. The summed E-state index contributed by atoms with van der Waals surface area (Å²) in [6.07, 6.45) is 0. The zero-order chi connectivity index (χ0) is 14.3. The third kappa shape index (κ3) is 2.30. The van der Waals surface area contributed by atoms with Crippen molar-refractivity contribution >= 4 is 38.4 Å². The minimum Gasteiger partial charge on any atom is -0.225 e. The van der Waals surface area contributed by atoms with Crippen LogP contribution in [0.25, 0.3) is 22.3 Å². The Kier molecular flexibility index (Phi) is 3.44. The molecule has 0 bridgehead atoms. The molecule has 0 N–H and O–H groups in total. The van der Waals surface area contributed by atoms with Gasteiger partial charge in [-0.25, -0.2) is 14.4 Å². The Morgan fingerprint density at radius 3 is 2.70 bits per heavy atom. The minimum atomic E-state index is -0.415. The lowest BCUT2D eigenvalue weighted by atomic mass is 10.1. The van der Waals surface area contributed by atoms with Crippen LogP contribution in [0.4, 0.5) is 4.39 Å². The van der Waals surface area contributed by atoms with Crippen molar-refractivity contribution < 1.29 is 4.39 Å². The standard InChI is InChI=1S/C15H9BrClFN2/c1-8-3-2-4-9(7-8)15-19-13-11(18)6-5-10(16)12(13)14(17)20-15/h2-7H,1H3. The number of aromatic nitrogens is 2. The smallest absolute Gasteiger partial charge is 0.161 e. The first-order chi connectivity index (χ1) is 9.56. The molecule has 0 spiro atoms. The zero-order valence-electron chi connectivity index (χ0n) is 10.5. The third-order valence-electron chi connectivity index (χ3n) is 2.98. The van der Waals surface area contributed by atoms with E-state index in [1.807, 2.05) is 31.2 Å². The van der Waals surface area contributed by atoms with Gasteiger partial charge in [0.15, 0.2) is 5.82 Å². The van der Waals surface area contributed by atoms with Crippen LogP contribution in [0.5, 0.6) is 0 Å². The Hall–Kier alpha value is -1.52. The highest BCUT2D eigenvalue weighted by molar-refractivity contribution is 9.10. The van der Waals surface area contributed by atoms with Gasteiger partial charge in [-0.15, -0.1) is 0 Å². The summed E-state index contributed by atoms with van der Waals surface area (Å²) in [5.41, 5.74) is 2.11. The molecule has 1 heterocycles. The SMILES string of the molecule is Cc1cccc(-c2nc(Cl)c3c(Br)ccc(F)c3n2)c1. The van der Waals surface area contributed by atoms with E-state index < -0.39 is 5.82 Å². The van der Waals surface area contributed by atoms with E-state index in [2.05, 4.69) is 25.9 Å². The van der Waals surface area contributed by atoms with Crippen LogP contribution in [0.3, 0.4) is 0 Å². The molecule has 0 unspecified atom stereocenters. The van der Waals surface area contributed by atoms with Gasteiger partial charge in [0.05, 0.1) is 5.39 Å². The van der Waals surface area contributed by atoms with Crippen LogP contribution in [-0.4, -0.2) is 9.97 Å². The van der Waals surface area contributed by atoms with Crippen molar-refractivity contribution in [1.29, 1.82) is 0 Å². The molecule has 0 fully saturated rings. The van der Waals surface area contributed by atoms with E-state index in [0.717, 1.165) is 11.1 Å². The molecule has 0 amide bonds. The molecule has 5 heteroatoms. The molecule has 2 aromatic carbocycles. The lowest BCUT2D eigenvalue weighted by Gasteiger charge is -2.07. The van der Waals surface area contributed by atoms with Gasteiger partial charge in [-0.1, -0.05) is 35.4 Å². The van der Waals surface area contributed by atoms with Crippen molar-refractivity contribution in [3.05, 3.63) is 57.4 Å². The van der Waals surface area contributed by atoms with Crippen LogP contribution in [-0.2, 0) is 0 Å². The molecule has 2 nitrogen and oxygen atoms in total. The third-order valence-corrected chi connectivity index (χ3v) is 3.92. The van der Waals surface area contributed by atoms with Gasteiger partial charge >= 0.3 is 0 Å². The fraction of sp³-hybridized carbons (Fsp3) is 0.0667. The summed E-state index contributed by atoms with van der Waals surface area (Å²) in [7, 11) is 0. The van der Waals surface area contributed by atoms with Crippen molar-refractivity contribution in [3.8, 4) is 11.4 Å². The van der Waals surface area contributed by atoms with Crippen molar-refractivity contribution in [3.63, 3.8) is 0 Å². The molecule has 0 saturated heterocycles. The highest BCUT2D eigenvalue weighted by Gasteiger charge is 2.14. The summed E-state index contributed by atoms with van der Waals surface area (Å²) < 4.78 is 14.6. The Bertz CT molecular complexity index is 820. The molecule has 3 aromatic rings. The number of hydrogen-bond donors (Lipinski definition) is 0. The van der Waals surface area contributed by atoms with Gasteiger partial charge in [-0.3, -0.25) is 0 Å². The fourth-order valence-corrected chi connectivity index (χ4v) is 2.93. The predicted octanol–water partition coefficient (Wildman–Crippen LogP) is 5.16. The van der Waals surface area contributed by atoms with Gasteiger partial charge < -0.3 is 0 Å². The molecule has 0 radical (unpaired) electrons. The molecule has 1 aromatic heterocycles. The number of benzene rings is 2. The van der Waals surface area contributed by atoms with E-state index in [4.69, 9.17) is 11.6 Å². The maximum absolute atomic E-state index is 14.0. The average molecular weight is 352 g/mol. The van der Waals surface area contributed by atoms with Gasteiger partial charge in [0, 0.05) is 10.0 Å². The van der Waals surface area contributed by atoms with Crippen LogP contribution >= 0.6 is 27.5 Å². The largest absolute Gasteiger partial charge is 0.225 e.